The van der Waals surface area contributed by atoms with Crippen molar-refractivity contribution in [2.45, 2.75) is 6.92 Å². The normalized spacial score (nSPS) is 9.42. The van der Waals surface area contributed by atoms with E-state index in [1.54, 1.807) is 0 Å². The van der Waals surface area contributed by atoms with Gasteiger partial charge >= 0.3 is 5.97 Å². The summed E-state index contributed by atoms with van der Waals surface area (Å²) in [4.78, 5) is 24.6. The summed E-state index contributed by atoms with van der Waals surface area (Å²) < 4.78 is 0. The second-order valence-corrected chi connectivity index (χ2v) is 2.87. The first-order chi connectivity index (χ1) is 5.61. The first-order valence-electron chi connectivity index (χ1n) is 3.05. The number of hydrogen-bond donors (Lipinski definition) is 2. The first-order valence-corrected chi connectivity index (χ1v) is 3.93. The van der Waals surface area contributed by atoms with Gasteiger partial charge in [0.2, 0.25) is 5.91 Å². The molecule has 0 aliphatic rings. The minimum atomic E-state index is -1.14. The minimum absolute atomic E-state index is 0.116. The van der Waals surface area contributed by atoms with Gasteiger partial charge in [0.25, 0.3) is 0 Å². The lowest BCUT2D eigenvalue weighted by Crippen LogP contribution is -2.08. The summed E-state index contributed by atoms with van der Waals surface area (Å²) in [7, 11) is 0. The molecule has 1 heterocycles. The molecule has 6 heteroatoms. The van der Waals surface area contributed by atoms with E-state index in [4.69, 9.17) is 5.11 Å². The number of anilines is 1. The fourth-order valence-electron chi connectivity index (χ4n) is 0.647. The average molecular weight is 186 g/mol. The third kappa shape index (κ3) is 1.79. The van der Waals surface area contributed by atoms with Crippen LogP contribution in [-0.4, -0.2) is 22.0 Å². The van der Waals surface area contributed by atoms with Crippen molar-refractivity contribution in [2.24, 2.45) is 0 Å². The molecule has 1 aromatic heterocycles. The average Bonchev–Trinajstić information content (AvgIpc) is 2.33. The molecule has 0 unspecified atom stereocenters. The van der Waals surface area contributed by atoms with Gasteiger partial charge in [0.1, 0.15) is 5.00 Å². The predicted octanol–water partition coefficient (Wildman–Crippen LogP) is 0.800. The molecule has 0 fully saturated rings. The number of aromatic carboxylic acids is 1. The van der Waals surface area contributed by atoms with Crippen LogP contribution in [0.15, 0.2) is 5.51 Å². The zero-order chi connectivity index (χ0) is 9.14. The fraction of sp³-hybridized carbons (Fsp3) is 0.167. The molecular formula is C6H6N2O3S. The molecule has 1 amide bonds. The van der Waals surface area contributed by atoms with Crippen molar-refractivity contribution in [1.82, 2.24) is 4.98 Å². The molecule has 0 radical (unpaired) electrons. The van der Waals surface area contributed by atoms with Gasteiger partial charge in [-0.2, -0.15) is 0 Å². The van der Waals surface area contributed by atoms with Crippen LogP contribution in [0.2, 0.25) is 0 Å². The maximum Gasteiger partial charge on any atom is 0.357 e. The number of nitrogens with one attached hydrogen (secondary N) is 1. The van der Waals surface area contributed by atoms with Crippen LogP contribution >= 0.6 is 11.3 Å². The van der Waals surface area contributed by atoms with Crippen LogP contribution < -0.4 is 5.32 Å². The van der Waals surface area contributed by atoms with Crippen molar-refractivity contribution >= 4 is 28.2 Å². The highest BCUT2D eigenvalue weighted by Crippen LogP contribution is 2.19. The third-order valence-electron chi connectivity index (χ3n) is 1.06. The van der Waals surface area contributed by atoms with Crippen LogP contribution in [0, 0.1) is 0 Å². The minimum Gasteiger partial charge on any atom is -0.476 e. The Morgan fingerprint density at radius 2 is 2.33 bits per heavy atom. The molecule has 0 saturated heterocycles. The number of amides is 1. The van der Waals surface area contributed by atoms with Gasteiger partial charge < -0.3 is 10.4 Å². The van der Waals surface area contributed by atoms with Gasteiger partial charge in [0.05, 0.1) is 5.51 Å². The van der Waals surface area contributed by atoms with Crippen molar-refractivity contribution < 1.29 is 14.7 Å². The quantitative estimate of drug-likeness (QED) is 0.716. The Balaban J connectivity index is 2.91. The number of carboxylic acid groups (broad SMARTS) is 1. The van der Waals surface area contributed by atoms with Crippen LogP contribution in [0.4, 0.5) is 5.00 Å². The lowest BCUT2D eigenvalue weighted by molar-refractivity contribution is -0.114. The summed E-state index contributed by atoms with van der Waals surface area (Å²) in [6, 6.07) is 0. The maximum atomic E-state index is 10.6. The number of hydrogen-bond acceptors (Lipinski definition) is 4. The molecule has 0 aliphatic heterocycles. The molecule has 12 heavy (non-hydrogen) atoms. The van der Waals surface area contributed by atoms with Gasteiger partial charge in [-0.1, -0.05) is 0 Å². The molecule has 0 bridgehead atoms. The Bertz CT molecular complexity index is 320. The zero-order valence-corrected chi connectivity index (χ0v) is 7.01. The van der Waals surface area contributed by atoms with Gasteiger partial charge in [0.15, 0.2) is 5.69 Å². The Hall–Kier alpha value is -1.43. The van der Waals surface area contributed by atoms with Gasteiger partial charge in [-0.3, -0.25) is 4.79 Å². The number of nitrogens with zero attached hydrogens (tertiary/aromatic N) is 1. The summed E-state index contributed by atoms with van der Waals surface area (Å²) in [6.07, 6.45) is 0. The number of rotatable bonds is 2. The summed E-state index contributed by atoms with van der Waals surface area (Å²) in [5, 5.41) is 11.2. The molecule has 64 valence electrons. The van der Waals surface area contributed by atoms with Gasteiger partial charge in [-0.05, 0) is 0 Å². The van der Waals surface area contributed by atoms with Crippen LogP contribution in [0.5, 0.6) is 0 Å². The number of carbonyl (C=O) groups is 2. The number of carboxylic acids is 1. The Morgan fingerprint density at radius 3 is 2.83 bits per heavy atom. The molecule has 0 spiro atoms. The van der Waals surface area contributed by atoms with Crippen LogP contribution in [0.25, 0.3) is 0 Å². The van der Waals surface area contributed by atoms with Crippen molar-refractivity contribution in [3.8, 4) is 0 Å². The third-order valence-corrected chi connectivity index (χ3v) is 1.80. The van der Waals surface area contributed by atoms with Crippen LogP contribution in [0.1, 0.15) is 17.4 Å². The van der Waals surface area contributed by atoms with Gasteiger partial charge in [-0.25, -0.2) is 9.78 Å². The van der Waals surface area contributed by atoms with Crippen LogP contribution in [-0.2, 0) is 4.79 Å². The lowest BCUT2D eigenvalue weighted by Gasteiger charge is -1.96. The Labute approximate surface area is 72.1 Å². The molecule has 0 atom stereocenters. The Kier molecular flexibility index (Phi) is 2.39. The van der Waals surface area contributed by atoms with E-state index >= 15 is 0 Å². The SMILES string of the molecule is CC(=O)Nc1scnc1C(=O)O. The van der Waals surface area contributed by atoms with E-state index in [-0.39, 0.29) is 16.6 Å². The molecule has 2 N–H and O–H groups in total. The van der Waals surface area contributed by atoms with E-state index in [0.29, 0.717) is 0 Å². The van der Waals surface area contributed by atoms with E-state index in [1.807, 2.05) is 0 Å². The highest BCUT2D eigenvalue weighted by molar-refractivity contribution is 7.14. The predicted molar refractivity (Wildman–Crippen MR) is 43.4 cm³/mol. The summed E-state index contributed by atoms with van der Waals surface area (Å²) >= 11 is 1.08. The maximum absolute atomic E-state index is 10.6. The van der Waals surface area contributed by atoms with Crippen molar-refractivity contribution in [1.29, 1.82) is 0 Å². The standard InChI is InChI=1S/C6H6N2O3S/c1-3(9)8-5-4(6(10)11)7-2-12-5/h2H,1H3,(H,8,9)(H,10,11). The first kappa shape index (κ1) is 8.66. The summed E-state index contributed by atoms with van der Waals surface area (Å²) in [5.41, 5.74) is 1.25. The molecule has 1 aromatic rings. The van der Waals surface area contributed by atoms with Crippen molar-refractivity contribution in [3.05, 3.63) is 11.2 Å². The smallest absolute Gasteiger partial charge is 0.357 e. The summed E-state index contributed by atoms with van der Waals surface area (Å²) in [6.45, 7) is 1.31. The number of thiazole rings is 1. The second kappa shape index (κ2) is 3.31. The molecule has 0 aliphatic carbocycles. The summed E-state index contributed by atoms with van der Waals surface area (Å²) in [5.74, 6) is -1.44. The highest BCUT2D eigenvalue weighted by Gasteiger charge is 2.13. The van der Waals surface area contributed by atoms with E-state index in [1.165, 1.54) is 12.4 Å². The van der Waals surface area contributed by atoms with Crippen LogP contribution in [0.3, 0.4) is 0 Å². The number of aromatic nitrogens is 1. The zero-order valence-electron chi connectivity index (χ0n) is 6.20. The van der Waals surface area contributed by atoms with Gasteiger partial charge in [-0.15, -0.1) is 11.3 Å². The molecular weight excluding hydrogens is 180 g/mol. The van der Waals surface area contributed by atoms with E-state index in [2.05, 4.69) is 10.3 Å². The molecule has 5 nitrogen and oxygen atoms in total. The van der Waals surface area contributed by atoms with Gasteiger partial charge in [0, 0.05) is 6.92 Å². The monoisotopic (exact) mass is 186 g/mol. The van der Waals surface area contributed by atoms with Crippen molar-refractivity contribution in [3.63, 3.8) is 0 Å². The Morgan fingerprint density at radius 1 is 1.67 bits per heavy atom. The largest absolute Gasteiger partial charge is 0.476 e. The number of carbonyl (C=O) groups excluding carboxylic acids is 1. The van der Waals surface area contributed by atoms with Crippen molar-refractivity contribution in [2.75, 3.05) is 5.32 Å². The molecule has 0 saturated carbocycles. The molecule has 0 aromatic carbocycles. The lowest BCUT2D eigenvalue weighted by atomic mass is 10.4. The van der Waals surface area contributed by atoms with E-state index in [0.717, 1.165) is 11.3 Å². The fourth-order valence-corrected chi connectivity index (χ4v) is 1.36. The molecule has 1 rings (SSSR count). The second-order valence-electron chi connectivity index (χ2n) is 2.02. The van der Waals surface area contributed by atoms with E-state index < -0.39 is 5.97 Å². The topological polar surface area (TPSA) is 79.3 Å². The highest BCUT2D eigenvalue weighted by atomic mass is 32.1. The van der Waals surface area contributed by atoms with E-state index in [9.17, 15) is 9.59 Å².